The first kappa shape index (κ1) is 31.6. The number of pyridine rings is 1. The molecule has 2 aromatic heterocycles. The van der Waals surface area contributed by atoms with Crippen LogP contribution in [0.4, 0.5) is 4.79 Å². The molecule has 2 fully saturated rings. The summed E-state index contributed by atoms with van der Waals surface area (Å²) in [5.74, 6) is -0.0409. The Morgan fingerprint density at radius 3 is 2.33 bits per heavy atom. The Morgan fingerprint density at radius 1 is 0.978 bits per heavy atom. The summed E-state index contributed by atoms with van der Waals surface area (Å²) in [5, 5.41) is 16.2. The van der Waals surface area contributed by atoms with E-state index in [0.717, 1.165) is 30.4 Å². The summed E-state index contributed by atoms with van der Waals surface area (Å²) >= 11 is 6.11. The molecule has 0 aliphatic carbocycles. The molecule has 1 N–H and O–H groups in total. The van der Waals surface area contributed by atoms with E-state index in [-0.39, 0.29) is 24.0 Å². The zero-order valence-electron chi connectivity index (χ0n) is 26.3. The van der Waals surface area contributed by atoms with E-state index >= 15 is 0 Å². The highest BCUT2D eigenvalue weighted by atomic mass is 35.5. The first-order valence-electron chi connectivity index (χ1n) is 15.6. The van der Waals surface area contributed by atoms with Crippen LogP contribution in [-0.2, 0) is 9.47 Å². The molecule has 0 spiro atoms. The Morgan fingerprint density at radius 2 is 1.67 bits per heavy atom. The number of ether oxygens (including phenoxy) is 2. The summed E-state index contributed by atoms with van der Waals surface area (Å²) in [6.45, 7) is 7.55. The van der Waals surface area contributed by atoms with Crippen molar-refractivity contribution < 1.29 is 24.2 Å². The molecule has 2 aliphatic rings. The lowest BCUT2D eigenvalue weighted by Crippen LogP contribution is -2.51. The zero-order valence-corrected chi connectivity index (χ0v) is 27.0. The van der Waals surface area contributed by atoms with Crippen molar-refractivity contribution in [1.29, 1.82) is 0 Å². The number of hydrogen-bond donors (Lipinski definition) is 1. The smallest absolute Gasteiger partial charge is 0.410 e. The third-order valence-electron chi connectivity index (χ3n) is 8.03. The van der Waals surface area contributed by atoms with Crippen molar-refractivity contribution in [1.82, 2.24) is 24.6 Å². The van der Waals surface area contributed by atoms with Gasteiger partial charge in [0.05, 0.1) is 22.3 Å². The van der Waals surface area contributed by atoms with Crippen LogP contribution < -0.4 is 0 Å². The number of aromatic hydroxyl groups is 1. The Bertz CT molecular complexity index is 1750. The van der Waals surface area contributed by atoms with Gasteiger partial charge in [-0.2, -0.15) is 5.10 Å². The van der Waals surface area contributed by atoms with Gasteiger partial charge in [0, 0.05) is 43.4 Å². The molecular formula is C35H38ClN5O5. The summed E-state index contributed by atoms with van der Waals surface area (Å²) in [6.07, 6.45) is 5.87. The van der Waals surface area contributed by atoms with Crippen molar-refractivity contribution in [2.24, 2.45) is 0 Å². The summed E-state index contributed by atoms with van der Waals surface area (Å²) < 4.78 is 13.5. The molecule has 4 aromatic rings. The lowest BCUT2D eigenvalue weighted by atomic mass is 10.0. The Hall–Kier alpha value is -4.41. The third-order valence-corrected chi connectivity index (χ3v) is 8.29. The highest BCUT2D eigenvalue weighted by molar-refractivity contribution is 6.30. The van der Waals surface area contributed by atoms with Crippen LogP contribution >= 0.6 is 11.6 Å². The summed E-state index contributed by atoms with van der Waals surface area (Å²) in [6, 6.07) is 16.0. The fourth-order valence-corrected chi connectivity index (χ4v) is 5.81. The molecule has 1 atom stereocenters. The number of carbonyl (C=O) groups is 2. The van der Waals surface area contributed by atoms with E-state index in [1.54, 1.807) is 44.8 Å². The minimum atomic E-state index is -0.602. The zero-order chi connectivity index (χ0) is 32.4. The number of hydrogen-bond acceptors (Lipinski definition) is 7. The maximum absolute atomic E-state index is 14.4. The van der Waals surface area contributed by atoms with E-state index in [9.17, 15) is 14.7 Å². The molecule has 10 nitrogen and oxygen atoms in total. The largest absolute Gasteiger partial charge is 0.508 e. The van der Waals surface area contributed by atoms with Crippen molar-refractivity contribution in [3.63, 3.8) is 0 Å². The molecule has 2 aromatic carbocycles. The van der Waals surface area contributed by atoms with Crippen LogP contribution in [0.2, 0.25) is 5.02 Å². The van der Waals surface area contributed by atoms with Gasteiger partial charge in [0.25, 0.3) is 5.91 Å². The normalized spacial score (nSPS) is 17.5. The molecule has 2 amide bonds. The molecule has 6 rings (SSSR count). The topological polar surface area (TPSA) is 110 Å². The van der Waals surface area contributed by atoms with E-state index in [1.807, 2.05) is 57.2 Å². The van der Waals surface area contributed by atoms with Gasteiger partial charge in [-0.15, -0.1) is 0 Å². The number of carbonyl (C=O) groups excluding carboxylic acids is 2. The highest BCUT2D eigenvalue weighted by Gasteiger charge is 2.31. The molecular weight excluding hydrogens is 606 g/mol. The first-order valence-corrected chi connectivity index (χ1v) is 16.0. The van der Waals surface area contributed by atoms with Gasteiger partial charge in [0.15, 0.2) is 11.9 Å². The summed E-state index contributed by atoms with van der Waals surface area (Å²) in [7, 11) is 0. The van der Waals surface area contributed by atoms with Crippen LogP contribution in [-0.4, -0.2) is 80.1 Å². The fourth-order valence-electron chi connectivity index (χ4n) is 5.68. The Labute approximate surface area is 273 Å². The molecule has 2 aliphatic heterocycles. The number of benzene rings is 2. The van der Waals surface area contributed by atoms with Gasteiger partial charge in [-0.1, -0.05) is 29.8 Å². The van der Waals surface area contributed by atoms with Crippen LogP contribution in [0, 0.1) is 0 Å². The molecule has 46 heavy (non-hydrogen) atoms. The number of aromatic nitrogens is 3. The van der Waals surface area contributed by atoms with Crippen LogP contribution in [0.5, 0.6) is 5.75 Å². The second-order valence-corrected chi connectivity index (χ2v) is 13.0. The van der Waals surface area contributed by atoms with Crippen LogP contribution in [0.15, 0.2) is 54.6 Å². The van der Waals surface area contributed by atoms with Crippen LogP contribution in [0.25, 0.3) is 34.4 Å². The van der Waals surface area contributed by atoms with E-state index < -0.39 is 5.60 Å². The van der Waals surface area contributed by atoms with E-state index in [4.69, 9.17) is 31.2 Å². The number of rotatable bonds is 5. The average molecular weight is 644 g/mol. The quantitative estimate of drug-likeness (QED) is 0.249. The number of amides is 2. The number of fused-ring (bicyclic) bond motifs is 1. The SMILES string of the molecule is CC(C)(C)OC(=O)N1CCN(C(=O)c2cc(-c3ccc(O)cc3)nc3c2c(/C=C/c2ccc(Cl)cc2)nn3C2CCCCO2)CC1. The van der Waals surface area contributed by atoms with E-state index in [2.05, 4.69) is 0 Å². The van der Waals surface area contributed by atoms with Gasteiger partial charge >= 0.3 is 6.09 Å². The van der Waals surface area contributed by atoms with Crippen molar-refractivity contribution in [2.75, 3.05) is 32.8 Å². The number of piperazine rings is 1. The van der Waals surface area contributed by atoms with Crippen molar-refractivity contribution in [2.45, 2.75) is 51.9 Å². The van der Waals surface area contributed by atoms with Gasteiger partial charge in [-0.3, -0.25) is 4.79 Å². The summed E-state index contributed by atoms with van der Waals surface area (Å²) in [5.41, 5.74) is 3.25. The second-order valence-electron chi connectivity index (χ2n) is 12.6. The minimum absolute atomic E-state index is 0.138. The van der Waals surface area contributed by atoms with Gasteiger partial charge in [0.2, 0.25) is 0 Å². The van der Waals surface area contributed by atoms with Crippen molar-refractivity contribution in [3.05, 3.63) is 76.4 Å². The number of phenols is 1. The molecule has 1 unspecified atom stereocenters. The van der Waals surface area contributed by atoms with E-state index in [1.165, 1.54) is 0 Å². The maximum Gasteiger partial charge on any atom is 0.410 e. The highest BCUT2D eigenvalue weighted by Crippen LogP contribution is 2.34. The molecule has 11 heteroatoms. The van der Waals surface area contributed by atoms with Crippen LogP contribution in [0.3, 0.4) is 0 Å². The Balaban J connectivity index is 1.43. The minimum Gasteiger partial charge on any atom is -0.508 e. The van der Waals surface area contributed by atoms with Gasteiger partial charge in [-0.05, 0) is 94.1 Å². The third kappa shape index (κ3) is 7.03. The summed E-state index contributed by atoms with van der Waals surface area (Å²) in [4.78, 5) is 35.6. The second kappa shape index (κ2) is 13.1. The maximum atomic E-state index is 14.4. The molecule has 4 heterocycles. The molecule has 0 saturated carbocycles. The average Bonchev–Trinajstić information content (AvgIpc) is 3.42. The van der Waals surface area contributed by atoms with Gasteiger partial charge in [-0.25, -0.2) is 14.5 Å². The van der Waals surface area contributed by atoms with Gasteiger partial charge in [0.1, 0.15) is 11.4 Å². The van der Waals surface area contributed by atoms with Gasteiger partial charge < -0.3 is 24.4 Å². The molecule has 2 saturated heterocycles. The Kier molecular flexibility index (Phi) is 9.02. The number of halogens is 1. The molecule has 0 bridgehead atoms. The monoisotopic (exact) mass is 643 g/mol. The number of phenolic OH excluding ortho intramolecular Hbond substituents is 1. The fraction of sp³-hybridized carbons (Fsp3) is 0.371. The molecule has 240 valence electrons. The van der Waals surface area contributed by atoms with Crippen molar-refractivity contribution >= 4 is 46.8 Å². The number of nitrogens with zero attached hydrogens (tertiary/aromatic N) is 5. The molecule has 0 radical (unpaired) electrons. The lowest BCUT2D eigenvalue weighted by Gasteiger charge is -2.35. The predicted molar refractivity (Wildman–Crippen MR) is 178 cm³/mol. The first-order chi connectivity index (χ1) is 22.1. The van der Waals surface area contributed by atoms with Crippen molar-refractivity contribution in [3.8, 4) is 17.0 Å². The van der Waals surface area contributed by atoms with E-state index in [0.29, 0.717) is 65.8 Å². The predicted octanol–water partition coefficient (Wildman–Crippen LogP) is 7.02. The standard InChI is InChI=1S/C35H38ClN5O5/c1-35(2,3)46-34(44)40-19-17-39(18-20-40)33(43)27-22-29(24-10-14-26(42)15-11-24)37-32-31(27)28(16-9-23-7-12-25(36)13-8-23)38-41(32)30-6-4-5-21-45-30/h7-16,22,30,42H,4-6,17-21H2,1-3H3/b16-9+. The lowest BCUT2D eigenvalue weighted by molar-refractivity contribution is -0.0370. The van der Waals surface area contributed by atoms with Crippen LogP contribution in [0.1, 0.15) is 67.9 Å².